The van der Waals surface area contributed by atoms with Gasteiger partial charge in [-0.25, -0.2) is 0 Å². The Hall–Kier alpha value is -1.00. The van der Waals surface area contributed by atoms with Gasteiger partial charge in [0, 0.05) is 18.5 Å². The summed E-state index contributed by atoms with van der Waals surface area (Å²) in [5.41, 5.74) is 6.43. The van der Waals surface area contributed by atoms with E-state index in [9.17, 15) is 4.79 Å². The predicted molar refractivity (Wildman–Crippen MR) is 61.7 cm³/mol. The summed E-state index contributed by atoms with van der Waals surface area (Å²) in [6.45, 7) is 0. The van der Waals surface area contributed by atoms with E-state index in [4.69, 9.17) is 5.73 Å². The summed E-state index contributed by atoms with van der Waals surface area (Å²) in [5, 5.41) is 0. The minimum absolute atomic E-state index is 0.119. The van der Waals surface area contributed by atoms with Crippen LogP contribution in [0.4, 0.5) is 5.69 Å². The molecule has 0 saturated carbocycles. The van der Waals surface area contributed by atoms with Gasteiger partial charge < -0.3 is 10.6 Å². The molecular weight excluding hydrogens is 196 g/mol. The maximum atomic E-state index is 11.6. The second kappa shape index (κ2) is 5.02. The first-order valence-electron chi connectivity index (χ1n) is 4.36. The van der Waals surface area contributed by atoms with E-state index in [1.165, 1.54) is 0 Å². The third-order valence-electron chi connectivity index (χ3n) is 1.99. The lowest BCUT2D eigenvalue weighted by molar-refractivity contribution is -0.119. The smallest absolute Gasteiger partial charge is 0.244 e. The maximum Gasteiger partial charge on any atom is 0.244 e. The highest BCUT2D eigenvalue weighted by Gasteiger charge is 2.17. The van der Waals surface area contributed by atoms with Crippen LogP contribution >= 0.6 is 12.6 Å². The van der Waals surface area contributed by atoms with Crippen molar-refractivity contribution < 1.29 is 4.79 Å². The quantitative estimate of drug-likeness (QED) is 0.728. The van der Waals surface area contributed by atoms with Gasteiger partial charge in [0.2, 0.25) is 5.91 Å². The SMILES string of the molecule is CN(C(=O)C(N)CS)c1ccccc1. The molecule has 0 aromatic heterocycles. The molecule has 0 saturated heterocycles. The highest BCUT2D eigenvalue weighted by Crippen LogP contribution is 2.11. The lowest BCUT2D eigenvalue weighted by Crippen LogP contribution is -2.43. The van der Waals surface area contributed by atoms with Crippen molar-refractivity contribution in [3.05, 3.63) is 30.3 Å². The van der Waals surface area contributed by atoms with E-state index in [1.54, 1.807) is 11.9 Å². The van der Waals surface area contributed by atoms with Gasteiger partial charge in [-0.15, -0.1) is 0 Å². The minimum atomic E-state index is -0.538. The Labute approximate surface area is 89.3 Å². The Morgan fingerprint density at radius 3 is 2.57 bits per heavy atom. The van der Waals surface area contributed by atoms with Crippen LogP contribution in [0.25, 0.3) is 0 Å². The van der Waals surface area contributed by atoms with E-state index in [0.717, 1.165) is 5.69 Å². The number of carbonyl (C=O) groups excluding carboxylic acids is 1. The number of anilines is 1. The van der Waals surface area contributed by atoms with Crippen molar-refractivity contribution in [3.63, 3.8) is 0 Å². The Kier molecular flexibility index (Phi) is 3.98. The summed E-state index contributed by atoms with van der Waals surface area (Å²) in [6.07, 6.45) is 0. The fourth-order valence-corrected chi connectivity index (χ4v) is 1.26. The van der Waals surface area contributed by atoms with Crippen molar-refractivity contribution in [2.45, 2.75) is 6.04 Å². The highest BCUT2D eigenvalue weighted by molar-refractivity contribution is 7.80. The summed E-state index contributed by atoms with van der Waals surface area (Å²) in [7, 11) is 1.71. The molecule has 0 heterocycles. The van der Waals surface area contributed by atoms with Gasteiger partial charge >= 0.3 is 0 Å². The van der Waals surface area contributed by atoms with Gasteiger partial charge in [-0.1, -0.05) is 18.2 Å². The van der Waals surface area contributed by atoms with Gasteiger partial charge in [0.05, 0.1) is 6.04 Å². The van der Waals surface area contributed by atoms with Crippen LogP contribution in [0.15, 0.2) is 30.3 Å². The Bertz CT molecular complexity index is 302. The van der Waals surface area contributed by atoms with Crippen LogP contribution in [0.3, 0.4) is 0 Å². The summed E-state index contributed by atoms with van der Waals surface area (Å²) in [6, 6.07) is 8.85. The van der Waals surface area contributed by atoms with Gasteiger partial charge in [-0.05, 0) is 12.1 Å². The van der Waals surface area contributed by atoms with E-state index in [-0.39, 0.29) is 5.91 Å². The largest absolute Gasteiger partial charge is 0.319 e. The first-order valence-corrected chi connectivity index (χ1v) is 4.99. The van der Waals surface area contributed by atoms with Gasteiger partial charge in [0.15, 0.2) is 0 Å². The molecule has 76 valence electrons. The van der Waals surface area contributed by atoms with Gasteiger partial charge in [-0.3, -0.25) is 4.79 Å². The third-order valence-corrected chi connectivity index (χ3v) is 2.38. The zero-order valence-electron chi connectivity index (χ0n) is 8.05. The number of hydrogen-bond donors (Lipinski definition) is 2. The van der Waals surface area contributed by atoms with Crippen LogP contribution in [0.5, 0.6) is 0 Å². The number of para-hydroxylation sites is 1. The van der Waals surface area contributed by atoms with Crippen LogP contribution in [0.1, 0.15) is 0 Å². The minimum Gasteiger partial charge on any atom is -0.319 e. The molecule has 0 fully saturated rings. The maximum absolute atomic E-state index is 11.6. The fourth-order valence-electron chi connectivity index (χ4n) is 1.11. The van der Waals surface area contributed by atoms with Gasteiger partial charge in [0.1, 0.15) is 0 Å². The molecule has 1 rings (SSSR count). The van der Waals surface area contributed by atoms with Crippen LogP contribution < -0.4 is 10.6 Å². The third kappa shape index (κ3) is 2.49. The molecule has 14 heavy (non-hydrogen) atoms. The number of amides is 1. The number of rotatable bonds is 3. The second-order valence-electron chi connectivity index (χ2n) is 3.02. The first kappa shape index (κ1) is 11.1. The molecule has 1 aromatic rings. The molecular formula is C10H14N2OS. The van der Waals surface area contributed by atoms with Crippen LogP contribution in [-0.4, -0.2) is 24.7 Å². The molecule has 1 amide bonds. The molecule has 1 aromatic carbocycles. The molecule has 0 aliphatic rings. The summed E-state index contributed by atoms with van der Waals surface area (Å²) < 4.78 is 0. The van der Waals surface area contributed by atoms with Gasteiger partial charge in [-0.2, -0.15) is 12.6 Å². The molecule has 1 atom stereocenters. The van der Waals surface area contributed by atoms with Crippen molar-refractivity contribution >= 4 is 24.2 Å². The van der Waals surface area contributed by atoms with E-state index in [1.807, 2.05) is 30.3 Å². The normalized spacial score (nSPS) is 12.2. The Morgan fingerprint density at radius 2 is 2.07 bits per heavy atom. The van der Waals surface area contributed by atoms with Crippen molar-refractivity contribution in [2.24, 2.45) is 5.73 Å². The Morgan fingerprint density at radius 1 is 1.50 bits per heavy atom. The number of hydrogen-bond acceptors (Lipinski definition) is 3. The van der Waals surface area contributed by atoms with E-state index < -0.39 is 6.04 Å². The molecule has 0 spiro atoms. The summed E-state index contributed by atoms with van der Waals surface area (Å²) in [5.74, 6) is 0.238. The average molecular weight is 210 g/mol. The van der Waals surface area contributed by atoms with Crippen molar-refractivity contribution in [1.29, 1.82) is 0 Å². The number of thiol groups is 1. The fraction of sp³-hybridized carbons (Fsp3) is 0.300. The monoisotopic (exact) mass is 210 g/mol. The van der Waals surface area contributed by atoms with Crippen LogP contribution in [0.2, 0.25) is 0 Å². The number of nitrogens with two attached hydrogens (primary N) is 1. The molecule has 0 aliphatic carbocycles. The number of nitrogens with zero attached hydrogens (tertiary/aromatic N) is 1. The second-order valence-corrected chi connectivity index (χ2v) is 3.39. The van der Waals surface area contributed by atoms with Crippen LogP contribution in [0, 0.1) is 0 Å². The molecule has 0 aliphatic heterocycles. The highest BCUT2D eigenvalue weighted by atomic mass is 32.1. The number of benzene rings is 1. The molecule has 1 unspecified atom stereocenters. The van der Waals surface area contributed by atoms with Crippen molar-refractivity contribution in [1.82, 2.24) is 0 Å². The molecule has 0 radical (unpaired) electrons. The molecule has 2 N–H and O–H groups in total. The van der Waals surface area contributed by atoms with E-state index >= 15 is 0 Å². The van der Waals surface area contributed by atoms with Crippen molar-refractivity contribution in [2.75, 3.05) is 17.7 Å². The number of carbonyl (C=O) groups is 1. The van der Waals surface area contributed by atoms with Crippen LogP contribution in [-0.2, 0) is 4.79 Å². The molecule has 3 nitrogen and oxygen atoms in total. The molecule has 0 bridgehead atoms. The average Bonchev–Trinajstić information content (AvgIpc) is 2.27. The Balaban J connectivity index is 2.76. The first-order chi connectivity index (χ1) is 6.66. The number of likely N-dealkylation sites (N-methyl/N-ethyl adjacent to an activating group) is 1. The van der Waals surface area contributed by atoms with Crippen molar-refractivity contribution in [3.8, 4) is 0 Å². The lowest BCUT2D eigenvalue weighted by Gasteiger charge is -2.20. The lowest BCUT2D eigenvalue weighted by atomic mass is 10.2. The summed E-state index contributed by atoms with van der Waals surface area (Å²) in [4.78, 5) is 13.2. The van der Waals surface area contributed by atoms with E-state index in [2.05, 4.69) is 12.6 Å². The predicted octanol–water partition coefficient (Wildman–Crippen LogP) is 0.906. The standard InChI is InChI=1S/C10H14N2OS/c1-12(10(13)9(11)7-14)8-5-3-2-4-6-8/h2-6,9,14H,7,11H2,1H3. The zero-order valence-corrected chi connectivity index (χ0v) is 8.95. The van der Waals surface area contributed by atoms with E-state index in [0.29, 0.717) is 5.75 Å². The summed E-state index contributed by atoms with van der Waals surface area (Å²) >= 11 is 3.99. The van der Waals surface area contributed by atoms with Gasteiger partial charge in [0.25, 0.3) is 0 Å². The molecule has 4 heteroatoms. The topological polar surface area (TPSA) is 46.3 Å². The zero-order chi connectivity index (χ0) is 10.6.